The fourth-order valence-electron chi connectivity index (χ4n) is 2.72. The Kier molecular flexibility index (Phi) is 5.32. The van der Waals surface area contributed by atoms with Crippen LogP contribution in [0.4, 0.5) is 0 Å². The summed E-state index contributed by atoms with van der Waals surface area (Å²) in [6.45, 7) is 3.05. The van der Waals surface area contributed by atoms with E-state index in [-0.39, 0.29) is 11.2 Å². The van der Waals surface area contributed by atoms with Crippen molar-refractivity contribution >= 4 is 18.5 Å². The highest BCUT2D eigenvalue weighted by Crippen LogP contribution is 2.19. The maximum absolute atomic E-state index is 12.5. The van der Waals surface area contributed by atoms with E-state index in [0.29, 0.717) is 12.5 Å². The van der Waals surface area contributed by atoms with Gasteiger partial charge in [0.1, 0.15) is 0 Å². The van der Waals surface area contributed by atoms with E-state index < -0.39 is 0 Å². The van der Waals surface area contributed by atoms with E-state index in [2.05, 4.69) is 31.7 Å². The highest BCUT2D eigenvalue weighted by atomic mass is 32.1. The zero-order chi connectivity index (χ0) is 13.7. The van der Waals surface area contributed by atoms with Crippen LogP contribution < -0.4 is 0 Å². The van der Waals surface area contributed by atoms with Gasteiger partial charge in [0.15, 0.2) is 0 Å². The summed E-state index contributed by atoms with van der Waals surface area (Å²) < 4.78 is 0. The van der Waals surface area contributed by atoms with Crippen LogP contribution in [0.25, 0.3) is 0 Å². The van der Waals surface area contributed by atoms with E-state index in [0.717, 1.165) is 19.4 Å². The average molecular weight is 277 g/mol. The molecule has 0 spiro atoms. The van der Waals surface area contributed by atoms with Crippen molar-refractivity contribution in [2.75, 3.05) is 6.54 Å². The lowest BCUT2D eigenvalue weighted by Crippen LogP contribution is -2.43. The van der Waals surface area contributed by atoms with Crippen LogP contribution in [0.3, 0.4) is 0 Å². The predicted molar refractivity (Wildman–Crippen MR) is 82.6 cm³/mol. The fourth-order valence-corrected chi connectivity index (χ4v) is 3.08. The molecule has 1 aliphatic rings. The molecule has 19 heavy (non-hydrogen) atoms. The first kappa shape index (κ1) is 14.4. The first-order chi connectivity index (χ1) is 9.18. The quantitative estimate of drug-likeness (QED) is 0.840. The van der Waals surface area contributed by atoms with Crippen LogP contribution in [-0.2, 0) is 11.2 Å². The molecule has 2 atom stereocenters. The number of carbonyl (C=O) groups excluding carboxylic acids is 1. The van der Waals surface area contributed by atoms with Gasteiger partial charge in [-0.2, -0.15) is 12.6 Å². The second-order valence-corrected chi connectivity index (χ2v) is 6.06. The lowest BCUT2D eigenvalue weighted by molar-refractivity contribution is -0.132. The van der Waals surface area contributed by atoms with Gasteiger partial charge in [0, 0.05) is 12.6 Å². The molecule has 1 aromatic rings. The third-order valence-electron chi connectivity index (χ3n) is 3.89. The number of rotatable bonds is 3. The van der Waals surface area contributed by atoms with Crippen LogP contribution in [0.2, 0.25) is 0 Å². The Morgan fingerprint density at radius 3 is 2.79 bits per heavy atom. The van der Waals surface area contributed by atoms with Crippen LogP contribution in [0.15, 0.2) is 30.3 Å². The van der Waals surface area contributed by atoms with Gasteiger partial charge in [-0.25, -0.2) is 0 Å². The molecule has 2 rings (SSSR count). The summed E-state index contributed by atoms with van der Waals surface area (Å²) >= 11 is 4.53. The van der Waals surface area contributed by atoms with Crippen LogP contribution in [0.1, 0.15) is 38.2 Å². The molecule has 1 aliphatic heterocycles. The Labute approximate surface area is 121 Å². The highest BCUT2D eigenvalue weighted by molar-refractivity contribution is 7.81. The molecule has 1 heterocycles. The second-order valence-electron chi connectivity index (χ2n) is 5.44. The highest BCUT2D eigenvalue weighted by Gasteiger charge is 2.26. The summed E-state index contributed by atoms with van der Waals surface area (Å²) in [5.41, 5.74) is 1.18. The summed E-state index contributed by atoms with van der Waals surface area (Å²) in [5, 5.41) is -0.219. The van der Waals surface area contributed by atoms with Crippen molar-refractivity contribution in [1.29, 1.82) is 0 Å². The molecule has 0 saturated carbocycles. The number of carbonyl (C=O) groups is 1. The molecule has 1 aromatic carbocycles. The van der Waals surface area contributed by atoms with Gasteiger partial charge in [0.05, 0.1) is 5.25 Å². The van der Waals surface area contributed by atoms with Crippen LogP contribution >= 0.6 is 12.6 Å². The predicted octanol–water partition coefficient (Wildman–Crippen LogP) is 3.32. The molecule has 1 amide bonds. The van der Waals surface area contributed by atoms with Crippen molar-refractivity contribution in [3.05, 3.63) is 35.9 Å². The Morgan fingerprint density at radius 1 is 1.32 bits per heavy atom. The lowest BCUT2D eigenvalue weighted by atomic mass is 10.1. The largest absolute Gasteiger partial charge is 0.339 e. The Balaban J connectivity index is 1.97. The monoisotopic (exact) mass is 277 g/mol. The Morgan fingerprint density at radius 2 is 2.05 bits per heavy atom. The Bertz CT molecular complexity index is 406. The number of thiol groups is 1. The van der Waals surface area contributed by atoms with Gasteiger partial charge in [0.25, 0.3) is 0 Å². The number of nitrogens with zero attached hydrogens (tertiary/aromatic N) is 1. The topological polar surface area (TPSA) is 20.3 Å². The zero-order valence-electron chi connectivity index (χ0n) is 11.6. The molecule has 0 aromatic heterocycles. The first-order valence-corrected chi connectivity index (χ1v) is 7.72. The van der Waals surface area contributed by atoms with Gasteiger partial charge in [-0.3, -0.25) is 4.79 Å². The SMILES string of the molecule is CC1CCCCCN1C(=O)C(S)Cc1ccccc1. The number of hydrogen-bond acceptors (Lipinski definition) is 2. The van der Waals surface area contributed by atoms with Crippen LogP contribution in [0, 0.1) is 0 Å². The van der Waals surface area contributed by atoms with Gasteiger partial charge in [-0.1, -0.05) is 43.2 Å². The van der Waals surface area contributed by atoms with Gasteiger partial charge in [-0.15, -0.1) is 0 Å². The van der Waals surface area contributed by atoms with Gasteiger partial charge in [0.2, 0.25) is 5.91 Å². The molecule has 0 aliphatic carbocycles. The Hall–Kier alpha value is -0.960. The van der Waals surface area contributed by atoms with Gasteiger partial charge < -0.3 is 4.90 Å². The minimum absolute atomic E-state index is 0.196. The third kappa shape index (κ3) is 4.00. The van der Waals surface area contributed by atoms with E-state index >= 15 is 0 Å². The van der Waals surface area contributed by atoms with E-state index in [1.165, 1.54) is 18.4 Å². The summed E-state index contributed by atoms with van der Waals surface area (Å²) in [5.74, 6) is 0.196. The van der Waals surface area contributed by atoms with Crippen molar-refractivity contribution in [2.45, 2.75) is 50.3 Å². The number of likely N-dealkylation sites (tertiary alicyclic amines) is 1. The maximum atomic E-state index is 12.5. The molecule has 2 nitrogen and oxygen atoms in total. The molecule has 104 valence electrons. The lowest BCUT2D eigenvalue weighted by Gasteiger charge is -2.29. The normalized spacial score (nSPS) is 21.8. The molecular weight excluding hydrogens is 254 g/mol. The number of hydrogen-bond donors (Lipinski definition) is 1. The molecule has 1 saturated heterocycles. The van der Waals surface area contributed by atoms with Crippen LogP contribution in [-0.4, -0.2) is 28.6 Å². The minimum atomic E-state index is -0.219. The summed E-state index contributed by atoms with van der Waals surface area (Å²) in [4.78, 5) is 14.6. The average Bonchev–Trinajstić information content (AvgIpc) is 2.63. The first-order valence-electron chi connectivity index (χ1n) is 7.21. The van der Waals surface area contributed by atoms with E-state index in [4.69, 9.17) is 0 Å². The smallest absolute Gasteiger partial charge is 0.236 e. The molecule has 0 radical (unpaired) electrons. The van der Waals surface area contributed by atoms with Gasteiger partial charge in [-0.05, 0) is 31.7 Å². The molecule has 0 bridgehead atoms. The molecule has 3 heteroatoms. The van der Waals surface area contributed by atoms with E-state index in [1.54, 1.807) is 0 Å². The number of amides is 1. The maximum Gasteiger partial charge on any atom is 0.236 e. The molecule has 0 N–H and O–H groups in total. The zero-order valence-corrected chi connectivity index (χ0v) is 12.5. The minimum Gasteiger partial charge on any atom is -0.339 e. The molecule has 2 unspecified atom stereocenters. The van der Waals surface area contributed by atoms with Crippen LogP contribution in [0.5, 0.6) is 0 Å². The van der Waals surface area contributed by atoms with Crippen molar-refractivity contribution in [3.8, 4) is 0 Å². The van der Waals surface area contributed by atoms with Crippen molar-refractivity contribution in [1.82, 2.24) is 4.90 Å². The molecular formula is C16H23NOS. The second kappa shape index (κ2) is 6.99. The van der Waals surface area contributed by atoms with Gasteiger partial charge >= 0.3 is 0 Å². The van der Waals surface area contributed by atoms with Crippen molar-refractivity contribution in [3.63, 3.8) is 0 Å². The summed E-state index contributed by atoms with van der Waals surface area (Å²) in [7, 11) is 0. The number of benzene rings is 1. The molecule has 1 fully saturated rings. The van der Waals surface area contributed by atoms with E-state index in [9.17, 15) is 4.79 Å². The van der Waals surface area contributed by atoms with Crippen molar-refractivity contribution in [2.24, 2.45) is 0 Å². The van der Waals surface area contributed by atoms with Crippen molar-refractivity contribution < 1.29 is 4.79 Å². The standard InChI is InChI=1S/C16H23NOS/c1-13-8-4-3-7-11-17(13)16(18)15(19)12-14-9-5-2-6-10-14/h2,5-6,9-10,13,15,19H,3-4,7-8,11-12H2,1H3. The third-order valence-corrected chi connectivity index (χ3v) is 4.30. The summed E-state index contributed by atoms with van der Waals surface area (Å²) in [6.07, 6.45) is 5.44. The fraction of sp³-hybridized carbons (Fsp3) is 0.562. The summed E-state index contributed by atoms with van der Waals surface area (Å²) in [6, 6.07) is 10.5. The van der Waals surface area contributed by atoms with E-state index in [1.807, 2.05) is 23.1 Å².